The molecule has 0 saturated carbocycles. The summed E-state index contributed by atoms with van der Waals surface area (Å²) in [5.41, 5.74) is -0.421. The van der Waals surface area contributed by atoms with Crippen molar-refractivity contribution in [2.45, 2.75) is 58.7 Å². The summed E-state index contributed by atoms with van der Waals surface area (Å²) in [6.45, 7) is 12.0. The molecule has 0 aromatic carbocycles. The first-order chi connectivity index (χ1) is 7.31. The van der Waals surface area contributed by atoms with E-state index in [1.54, 1.807) is 0 Å². The minimum Gasteiger partial charge on any atom is -0.444 e. The minimum atomic E-state index is -0.421. The molecule has 0 spiro atoms. The number of ether oxygens (including phenoxy) is 1. The predicted octanol–water partition coefficient (Wildman–Crippen LogP) is 1.99. The Labute approximate surface area is 98.3 Å². The molecule has 1 rings (SSSR count). The van der Waals surface area contributed by atoms with Crippen LogP contribution < -0.4 is 5.32 Å². The van der Waals surface area contributed by atoms with Crippen LogP contribution in [0.2, 0.25) is 0 Å². The predicted molar refractivity (Wildman–Crippen MR) is 64.5 cm³/mol. The first-order valence-electron chi connectivity index (χ1n) is 6.05. The van der Waals surface area contributed by atoms with Gasteiger partial charge >= 0.3 is 6.09 Å². The lowest BCUT2D eigenvalue weighted by molar-refractivity contribution is 0.0498. The van der Waals surface area contributed by atoms with Crippen molar-refractivity contribution in [1.29, 1.82) is 0 Å². The Hall–Kier alpha value is -0.770. The number of nitrogens with zero attached hydrogens (tertiary/aromatic N) is 1. The van der Waals surface area contributed by atoms with Crippen LogP contribution in [0, 0.1) is 0 Å². The Balaban J connectivity index is 2.29. The van der Waals surface area contributed by atoms with Gasteiger partial charge in [0.05, 0.1) is 0 Å². The molecule has 1 N–H and O–H groups in total. The smallest absolute Gasteiger partial charge is 0.407 e. The molecule has 1 fully saturated rings. The molecule has 0 aromatic rings. The zero-order valence-corrected chi connectivity index (χ0v) is 11.0. The molecule has 1 saturated heterocycles. The SMILES string of the molecule is CCC(CN1CC1C)NC(=O)OC(C)(C)C. The van der Waals surface area contributed by atoms with Gasteiger partial charge in [-0.2, -0.15) is 0 Å². The average molecular weight is 228 g/mol. The van der Waals surface area contributed by atoms with E-state index in [4.69, 9.17) is 4.74 Å². The molecule has 0 bridgehead atoms. The van der Waals surface area contributed by atoms with Crippen molar-refractivity contribution in [3.8, 4) is 0 Å². The molecule has 4 heteroatoms. The monoisotopic (exact) mass is 228 g/mol. The Morgan fingerprint density at radius 2 is 2.12 bits per heavy atom. The fourth-order valence-electron chi connectivity index (χ4n) is 1.58. The van der Waals surface area contributed by atoms with Crippen molar-refractivity contribution in [3.63, 3.8) is 0 Å². The molecule has 16 heavy (non-hydrogen) atoms. The van der Waals surface area contributed by atoms with Crippen molar-refractivity contribution in [1.82, 2.24) is 10.2 Å². The van der Waals surface area contributed by atoms with E-state index in [2.05, 4.69) is 24.1 Å². The molecule has 1 aliphatic heterocycles. The van der Waals surface area contributed by atoms with Gasteiger partial charge in [-0.25, -0.2) is 4.79 Å². The van der Waals surface area contributed by atoms with Gasteiger partial charge in [0.2, 0.25) is 0 Å². The maximum atomic E-state index is 11.6. The maximum absolute atomic E-state index is 11.6. The van der Waals surface area contributed by atoms with E-state index < -0.39 is 5.60 Å². The first kappa shape index (κ1) is 13.3. The number of rotatable bonds is 4. The van der Waals surface area contributed by atoms with Crippen LogP contribution in [0.1, 0.15) is 41.0 Å². The van der Waals surface area contributed by atoms with E-state index >= 15 is 0 Å². The summed E-state index contributed by atoms with van der Waals surface area (Å²) >= 11 is 0. The fourth-order valence-corrected chi connectivity index (χ4v) is 1.58. The topological polar surface area (TPSA) is 41.3 Å². The Morgan fingerprint density at radius 1 is 1.56 bits per heavy atom. The van der Waals surface area contributed by atoms with Gasteiger partial charge in [0, 0.05) is 25.2 Å². The van der Waals surface area contributed by atoms with Crippen LogP contribution in [0.3, 0.4) is 0 Å². The number of hydrogen-bond donors (Lipinski definition) is 1. The number of hydrogen-bond acceptors (Lipinski definition) is 3. The highest BCUT2D eigenvalue weighted by Gasteiger charge is 2.31. The van der Waals surface area contributed by atoms with E-state index in [0.717, 1.165) is 19.5 Å². The first-order valence-corrected chi connectivity index (χ1v) is 6.05. The fraction of sp³-hybridized carbons (Fsp3) is 0.917. The molecule has 0 aromatic heterocycles. The molecule has 94 valence electrons. The third kappa shape index (κ3) is 4.84. The summed E-state index contributed by atoms with van der Waals surface area (Å²) in [7, 11) is 0. The van der Waals surface area contributed by atoms with Crippen LogP contribution in [-0.4, -0.2) is 41.8 Å². The van der Waals surface area contributed by atoms with E-state index in [1.807, 2.05) is 20.8 Å². The van der Waals surface area contributed by atoms with E-state index in [0.29, 0.717) is 6.04 Å². The van der Waals surface area contributed by atoms with E-state index in [1.165, 1.54) is 0 Å². The quantitative estimate of drug-likeness (QED) is 0.748. The minimum absolute atomic E-state index is 0.194. The Kier molecular flexibility index (Phi) is 4.19. The number of amides is 1. The molecule has 3 atom stereocenters. The average Bonchev–Trinajstić information content (AvgIpc) is 2.77. The van der Waals surface area contributed by atoms with Crippen molar-refractivity contribution in [3.05, 3.63) is 0 Å². The van der Waals surface area contributed by atoms with Gasteiger partial charge < -0.3 is 10.1 Å². The van der Waals surface area contributed by atoms with Gasteiger partial charge in [0.1, 0.15) is 5.60 Å². The molecule has 0 aliphatic carbocycles. The largest absolute Gasteiger partial charge is 0.444 e. The Bertz CT molecular complexity index is 248. The zero-order chi connectivity index (χ0) is 12.3. The third-order valence-corrected chi connectivity index (χ3v) is 2.66. The second-order valence-electron chi connectivity index (χ2n) is 5.55. The van der Waals surface area contributed by atoms with Crippen molar-refractivity contribution < 1.29 is 9.53 Å². The molecular weight excluding hydrogens is 204 g/mol. The number of carbonyl (C=O) groups excluding carboxylic acids is 1. The summed E-state index contributed by atoms with van der Waals surface area (Å²) in [4.78, 5) is 13.9. The van der Waals surface area contributed by atoms with Gasteiger partial charge in [0.15, 0.2) is 0 Å². The third-order valence-electron chi connectivity index (χ3n) is 2.66. The highest BCUT2D eigenvalue weighted by molar-refractivity contribution is 5.68. The number of nitrogens with one attached hydrogen (secondary N) is 1. The number of carbonyl (C=O) groups is 1. The second kappa shape index (κ2) is 5.04. The zero-order valence-electron chi connectivity index (χ0n) is 11.0. The van der Waals surface area contributed by atoms with Gasteiger partial charge in [-0.1, -0.05) is 6.92 Å². The maximum Gasteiger partial charge on any atom is 0.407 e. The highest BCUT2D eigenvalue weighted by atomic mass is 16.6. The second-order valence-corrected chi connectivity index (χ2v) is 5.55. The lowest BCUT2D eigenvalue weighted by Crippen LogP contribution is -2.42. The van der Waals surface area contributed by atoms with E-state index in [9.17, 15) is 4.79 Å². The van der Waals surface area contributed by atoms with Gasteiger partial charge in [0.25, 0.3) is 0 Å². The molecule has 0 radical (unpaired) electrons. The van der Waals surface area contributed by atoms with Crippen molar-refractivity contribution in [2.24, 2.45) is 0 Å². The van der Waals surface area contributed by atoms with Gasteiger partial charge in [-0.15, -0.1) is 0 Å². The van der Waals surface area contributed by atoms with Crippen molar-refractivity contribution >= 4 is 6.09 Å². The van der Waals surface area contributed by atoms with E-state index in [-0.39, 0.29) is 12.1 Å². The van der Waals surface area contributed by atoms with Crippen LogP contribution in [0.25, 0.3) is 0 Å². The molecule has 1 aliphatic rings. The highest BCUT2D eigenvalue weighted by Crippen LogP contribution is 2.17. The summed E-state index contributed by atoms with van der Waals surface area (Å²) < 4.78 is 5.23. The van der Waals surface area contributed by atoms with Crippen LogP contribution in [0.5, 0.6) is 0 Å². The van der Waals surface area contributed by atoms with Crippen LogP contribution in [0.4, 0.5) is 4.79 Å². The van der Waals surface area contributed by atoms with Gasteiger partial charge in [-0.05, 0) is 34.1 Å². The molecule has 1 amide bonds. The summed E-state index contributed by atoms with van der Waals surface area (Å²) in [5, 5.41) is 2.91. The lowest BCUT2D eigenvalue weighted by atomic mass is 10.2. The number of alkyl carbamates (subject to hydrolysis) is 1. The molecule has 4 nitrogen and oxygen atoms in total. The van der Waals surface area contributed by atoms with Crippen molar-refractivity contribution in [2.75, 3.05) is 13.1 Å². The lowest BCUT2D eigenvalue weighted by Gasteiger charge is -2.23. The summed E-state index contributed by atoms with van der Waals surface area (Å²) in [5.74, 6) is 0. The standard InChI is InChI=1S/C12H24N2O2/c1-6-10(8-14-7-9(14)2)13-11(15)16-12(3,4)5/h9-10H,6-8H2,1-5H3,(H,13,15). The molecular formula is C12H24N2O2. The summed E-state index contributed by atoms with van der Waals surface area (Å²) in [6.07, 6.45) is 0.622. The van der Waals surface area contributed by atoms with Crippen LogP contribution in [-0.2, 0) is 4.74 Å². The molecule has 3 unspecified atom stereocenters. The summed E-state index contributed by atoms with van der Waals surface area (Å²) in [6, 6.07) is 0.870. The van der Waals surface area contributed by atoms with Crippen LogP contribution >= 0.6 is 0 Å². The normalized spacial score (nSPS) is 26.1. The Morgan fingerprint density at radius 3 is 2.50 bits per heavy atom. The van der Waals surface area contributed by atoms with Gasteiger partial charge in [-0.3, -0.25) is 4.90 Å². The van der Waals surface area contributed by atoms with Crippen LogP contribution in [0.15, 0.2) is 0 Å². The molecule has 1 heterocycles.